The molecule has 0 aliphatic carbocycles. The minimum atomic E-state index is -0.958. The molecule has 5 heteroatoms. The van der Waals surface area contributed by atoms with E-state index in [1.807, 2.05) is 0 Å². The maximum atomic E-state index is 13.4. The minimum Gasteiger partial charge on any atom is -0.478 e. The van der Waals surface area contributed by atoms with Crippen LogP contribution in [0.1, 0.15) is 13.3 Å². The lowest BCUT2D eigenvalue weighted by Crippen LogP contribution is -2.05. The van der Waals surface area contributed by atoms with Crippen molar-refractivity contribution < 1.29 is 14.3 Å². The third kappa shape index (κ3) is 3.75. The third-order valence-electron chi connectivity index (χ3n) is 2.25. The number of rotatable bonds is 5. The first-order chi connectivity index (χ1) is 8.06. The summed E-state index contributed by atoms with van der Waals surface area (Å²) in [4.78, 5) is 10.7. The van der Waals surface area contributed by atoms with Crippen molar-refractivity contribution in [2.75, 3.05) is 11.9 Å². The van der Waals surface area contributed by atoms with Gasteiger partial charge in [-0.3, -0.25) is 0 Å². The molecule has 2 N–H and O–H groups in total. The molecule has 0 unspecified atom stereocenters. The molecule has 0 aromatic heterocycles. The first-order valence-electron chi connectivity index (χ1n) is 5.16. The van der Waals surface area contributed by atoms with Gasteiger partial charge in [-0.15, -0.1) is 0 Å². The van der Waals surface area contributed by atoms with Crippen LogP contribution in [-0.2, 0) is 4.79 Å². The van der Waals surface area contributed by atoms with Crippen LogP contribution in [0.3, 0.4) is 0 Å². The van der Waals surface area contributed by atoms with Crippen molar-refractivity contribution in [1.29, 1.82) is 0 Å². The monoisotopic (exact) mass is 257 g/mol. The molecule has 0 bridgehead atoms. The molecule has 0 atom stereocenters. The highest BCUT2D eigenvalue weighted by molar-refractivity contribution is 6.31. The predicted molar refractivity (Wildman–Crippen MR) is 65.9 cm³/mol. The normalized spacial score (nSPS) is 11.4. The molecule has 0 aliphatic rings. The van der Waals surface area contributed by atoms with E-state index in [2.05, 4.69) is 5.32 Å². The van der Waals surface area contributed by atoms with Crippen molar-refractivity contribution in [2.45, 2.75) is 13.3 Å². The molecule has 0 aliphatic heterocycles. The van der Waals surface area contributed by atoms with Gasteiger partial charge in [-0.1, -0.05) is 30.7 Å². The van der Waals surface area contributed by atoms with Crippen molar-refractivity contribution >= 4 is 23.3 Å². The highest BCUT2D eigenvalue weighted by Gasteiger charge is 2.06. The van der Waals surface area contributed by atoms with Crippen LogP contribution in [0, 0.1) is 5.82 Å². The summed E-state index contributed by atoms with van der Waals surface area (Å²) in [5, 5.41) is 11.6. The number of hydrogen-bond acceptors (Lipinski definition) is 2. The first-order valence-corrected chi connectivity index (χ1v) is 5.54. The minimum absolute atomic E-state index is 0.0351. The summed E-state index contributed by atoms with van der Waals surface area (Å²) in [6, 6.07) is 4.61. The number of nitrogens with one attached hydrogen (secondary N) is 1. The summed E-state index contributed by atoms with van der Waals surface area (Å²) in [6.07, 6.45) is 1.94. The standard InChI is InChI=1S/C12H13ClFNO2/c1-2-8(12(16)17)6-7-15-10-5-3-4-9(13)11(10)14/h3-6,15H,2,7H2,1H3,(H,16,17)/b8-6-. The van der Waals surface area contributed by atoms with Gasteiger partial charge in [0.05, 0.1) is 10.7 Å². The third-order valence-corrected chi connectivity index (χ3v) is 2.54. The Balaban J connectivity index is 2.68. The number of halogens is 2. The lowest BCUT2D eigenvalue weighted by Gasteiger charge is -2.06. The van der Waals surface area contributed by atoms with E-state index < -0.39 is 11.8 Å². The number of benzene rings is 1. The van der Waals surface area contributed by atoms with Crippen molar-refractivity contribution in [3.05, 3.63) is 40.7 Å². The van der Waals surface area contributed by atoms with Gasteiger partial charge in [-0.25, -0.2) is 9.18 Å². The van der Waals surface area contributed by atoms with Crippen LogP contribution in [0.4, 0.5) is 10.1 Å². The smallest absolute Gasteiger partial charge is 0.331 e. The summed E-state index contributed by atoms with van der Waals surface area (Å²) < 4.78 is 13.4. The Bertz CT molecular complexity index is 446. The van der Waals surface area contributed by atoms with Gasteiger partial charge in [0.2, 0.25) is 0 Å². The van der Waals surface area contributed by atoms with E-state index in [1.165, 1.54) is 12.1 Å². The van der Waals surface area contributed by atoms with Gasteiger partial charge in [-0.2, -0.15) is 0 Å². The average Bonchev–Trinajstić information content (AvgIpc) is 2.29. The first kappa shape index (κ1) is 13.5. The lowest BCUT2D eigenvalue weighted by molar-refractivity contribution is -0.132. The van der Waals surface area contributed by atoms with Crippen molar-refractivity contribution in [3.8, 4) is 0 Å². The molecule has 3 nitrogen and oxygen atoms in total. The van der Waals surface area contributed by atoms with Crippen molar-refractivity contribution in [2.24, 2.45) is 0 Å². The molecular formula is C12H13ClFNO2. The van der Waals surface area contributed by atoms with E-state index in [-0.39, 0.29) is 17.3 Å². The summed E-state index contributed by atoms with van der Waals surface area (Å²) >= 11 is 5.61. The van der Waals surface area contributed by atoms with E-state index >= 15 is 0 Å². The molecule has 0 radical (unpaired) electrons. The highest BCUT2D eigenvalue weighted by atomic mass is 35.5. The number of hydrogen-bond donors (Lipinski definition) is 2. The lowest BCUT2D eigenvalue weighted by atomic mass is 10.2. The van der Waals surface area contributed by atoms with Gasteiger partial charge in [-0.05, 0) is 18.6 Å². The van der Waals surface area contributed by atoms with Gasteiger partial charge < -0.3 is 10.4 Å². The molecule has 92 valence electrons. The van der Waals surface area contributed by atoms with Gasteiger partial charge in [0.15, 0.2) is 5.82 Å². The van der Waals surface area contributed by atoms with Crippen LogP contribution in [0.2, 0.25) is 5.02 Å². The van der Waals surface area contributed by atoms with E-state index in [9.17, 15) is 9.18 Å². The Morgan fingerprint density at radius 1 is 1.59 bits per heavy atom. The molecule has 0 fully saturated rings. The second-order valence-corrected chi connectivity index (χ2v) is 3.78. The summed E-state index contributed by atoms with van der Waals surface area (Å²) in [5.74, 6) is -1.49. The quantitative estimate of drug-likeness (QED) is 0.796. The second kappa shape index (κ2) is 6.25. The summed E-state index contributed by atoms with van der Waals surface area (Å²) in [5.41, 5.74) is 0.550. The van der Waals surface area contributed by atoms with Crippen molar-refractivity contribution in [1.82, 2.24) is 0 Å². The molecule has 0 saturated carbocycles. The molecule has 1 rings (SSSR count). The Hall–Kier alpha value is -1.55. The fraction of sp³-hybridized carbons (Fsp3) is 0.250. The Labute approximate surface area is 104 Å². The zero-order valence-electron chi connectivity index (χ0n) is 9.34. The molecule has 1 aromatic carbocycles. The van der Waals surface area contributed by atoms with Crippen LogP contribution in [0.25, 0.3) is 0 Å². The van der Waals surface area contributed by atoms with Crippen LogP contribution < -0.4 is 5.32 Å². The largest absolute Gasteiger partial charge is 0.478 e. The van der Waals surface area contributed by atoms with E-state index in [0.717, 1.165) is 0 Å². The van der Waals surface area contributed by atoms with E-state index in [1.54, 1.807) is 19.1 Å². The fourth-order valence-electron chi connectivity index (χ4n) is 1.31. The maximum Gasteiger partial charge on any atom is 0.331 e. The second-order valence-electron chi connectivity index (χ2n) is 3.37. The van der Waals surface area contributed by atoms with Crippen LogP contribution >= 0.6 is 11.6 Å². The molecule has 0 saturated heterocycles. The molecule has 0 spiro atoms. The number of carbonyl (C=O) groups is 1. The number of anilines is 1. The molecule has 0 amide bonds. The average molecular weight is 258 g/mol. The van der Waals surface area contributed by atoms with Crippen LogP contribution in [0.5, 0.6) is 0 Å². The zero-order valence-corrected chi connectivity index (χ0v) is 10.1. The molecule has 17 heavy (non-hydrogen) atoms. The predicted octanol–water partition coefficient (Wildman–Crippen LogP) is 3.31. The summed E-state index contributed by atoms with van der Waals surface area (Å²) in [7, 11) is 0. The Morgan fingerprint density at radius 2 is 2.29 bits per heavy atom. The van der Waals surface area contributed by atoms with Gasteiger partial charge in [0, 0.05) is 12.1 Å². The highest BCUT2D eigenvalue weighted by Crippen LogP contribution is 2.21. The zero-order chi connectivity index (χ0) is 12.8. The number of aliphatic carboxylic acids is 1. The van der Waals surface area contributed by atoms with Crippen LogP contribution in [-0.4, -0.2) is 17.6 Å². The van der Waals surface area contributed by atoms with Crippen LogP contribution in [0.15, 0.2) is 29.8 Å². The van der Waals surface area contributed by atoms with Crippen molar-refractivity contribution in [3.63, 3.8) is 0 Å². The number of carboxylic acids is 1. The Morgan fingerprint density at radius 3 is 2.88 bits per heavy atom. The Kier molecular flexibility index (Phi) is 4.97. The summed E-state index contributed by atoms with van der Waals surface area (Å²) in [6.45, 7) is 1.99. The van der Waals surface area contributed by atoms with E-state index in [0.29, 0.717) is 12.0 Å². The molecule has 0 heterocycles. The van der Waals surface area contributed by atoms with Gasteiger partial charge in [0.1, 0.15) is 0 Å². The topological polar surface area (TPSA) is 49.3 Å². The SMILES string of the molecule is CC/C(=C/CNc1cccc(Cl)c1F)C(=O)O. The molecular weight excluding hydrogens is 245 g/mol. The maximum absolute atomic E-state index is 13.4. The number of carboxylic acid groups (broad SMARTS) is 1. The van der Waals surface area contributed by atoms with Gasteiger partial charge >= 0.3 is 5.97 Å². The fourth-order valence-corrected chi connectivity index (χ4v) is 1.48. The van der Waals surface area contributed by atoms with E-state index in [4.69, 9.17) is 16.7 Å². The van der Waals surface area contributed by atoms with Gasteiger partial charge in [0.25, 0.3) is 0 Å². The molecule has 1 aromatic rings.